The molecule has 0 aliphatic carbocycles. The number of halogens is 1. The first kappa shape index (κ1) is 20.2. The van der Waals surface area contributed by atoms with Crippen molar-refractivity contribution >= 4 is 54.9 Å². The third kappa shape index (κ3) is 4.10. The second-order valence-electron chi connectivity index (χ2n) is 6.70. The number of nitrogens with zero attached hydrogens (tertiary/aromatic N) is 2. The number of benzene rings is 2. The van der Waals surface area contributed by atoms with E-state index < -0.39 is 0 Å². The van der Waals surface area contributed by atoms with Gasteiger partial charge in [-0.05, 0) is 36.8 Å². The first-order valence-corrected chi connectivity index (χ1v) is 10.7. The lowest BCUT2D eigenvalue weighted by Crippen LogP contribution is -2.27. The zero-order valence-electron chi connectivity index (χ0n) is 15.9. The molecule has 0 saturated heterocycles. The molecule has 0 bridgehead atoms. The van der Waals surface area contributed by atoms with Crippen molar-refractivity contribution in [2.75, 3.05) is 5.32 Å². The van der Waals surface area contributed by atoms with Crippen molar-refractivity contribution in [3.8, 4) is 11.1 Å². The summed E-state index contributed by atoms with van der Waals surface area (Å²) in [5, 5.41) is 5.13. The van der Waals surface area contributed by atoms with Crippen molar-refractivity contribution in [1.82, 2.24) is 9.55 Å². The molecule has 2 aromatic carbocycles. The van der Waals surface area contributed by atoms with Gasteiger partial charge in [0.1, 0.15) is 11.4 Å². The van der Waals surface area contributed by atoms with Gasteiger partial charge in [-0.1, -0.05) is 40.2 Å². The molecule has 0 atom stereocenters. The Morgan fingerprint density at radius 2 is 1.93 bits per heavy atom. The molecule has 150 valence electrons. The van der Waals surface area contributed by atoms with Crippen LogP contribution in [0.25, 0.3) is 21.3 Å². The normalized spacial score (nSPS) is 10.9. The molecule has 6 nitrogen and oxygen atoms in total. The molecule has 4 aromatic rings. The van der Waals surface area contributed by atoms with Crippen LogP contribution in [0.1, 0.15) is 17.3 Å². The molecule has 0 fully saturated rings. The second kappa shape index (κ2) is 8.33. The third-order valence-electron chi connectivity index (χ3n) is 4.58. The standard InChI is InChI=1S/C22H16BrN3O3S/c1-13(27)15-3-2-4-17(9-15)25-19(28)10-26-12-24-21-20(22(26)29)18(11-30-21)14-5-7-16(23)8-6-14/h2-9,11-12H,10H2,1H3,(H,25,28). The summed E-state index contributed by atoms with van der Waals surface area (Å²) in [6.07, 6.45) is 1.39. The van der Waals surface area contributed by atoms with Gasteiger partial charge in [-0.25, -0.2) is 4.98 Å². The largest absolute Gasteiger partial charge is 0.325 e. The Kier molecular flexibility index (Phi) is 5.61. The monoisotopic (exact) mass is 481 g/mol. The molecule has 4 rings (SSSR count). The highest BCUT2D eigenvalue weighted by molar-refractivity contribution is 9.10. The Balaban J connectivity index is 1.62. The SMILES string of the molecule is CC(=O)c1cccc(NC(=O)Cn2cnc3scc(-c4ccc(Br)cc4)c3c2=O)c1. The maximum atomic E-state index is 13.1. The minimum atomic E-state index is -0.376. The highest BCUT2D eigenvalue weighted by Gasteiger charge is 2.15. The number of hydrogen-bond donors (Lipinski definition) is 1. The predicted octanol–water partition coefficient (Wildman–Crippen LogP) is 4.73. The molecule has 1 N–H and O–H groups in total. The molecular weight excluding hydrogens is 466 g/mol. The number of rotatable bonds is 5. The minimum absolute atomic E-state index is 0.0881. The number of carbonyl (C=O) groups is 2. The van der Waals surface area contributed by atoms with E-state index >= 15 is 0 Å². The Bertz CT molecular complexity index is 1330. The van der Waals surface area contributed by atoms with E-state index in [4.69, 9.17) is 0 Å². The van der Waals surface area contributed by atoms with E-state index in [1.54, 1.807) is 24.3 Å². The van der Waals surface area contributed by atoms with Gasteiger partial charge in [0.25, 0.3) is 5.56 Å². The average molecular weight is 482 g/mol. The molecule has 0 aliphatic rings. The van der Waals surface area contributed by atoms with Crippen LogP contribution in [0.2, 0.25) is 0 Å². The fourth-order valence-electron chi connectivity index (χ4n) is 3.09. The molecule has 8 heteroatoms. The van der Waals surface area contributed by atoms with E-state index in [1.807, 2.05) is 29.6 Å². The van der Waals surface area contributed by atoms with Gasteiger partial charge in [0.15, 0.2) is 5.78 Å². The van der Waals surface area contributed by atoms with E-state index in [1.165, 1.54) is 29.2 Å². The number of Topliss-reactive ketones (excluding diaryl/α,β-unsaturated/α-hetero) is 1. The van der Waals surface area contributed by atoms with Gasteiger partial charge in [-0.3, -0.25) is 19.0 Å². The third-order valence-corrected chi connectivity index (χ3v) is 6.00. The van der Waals surface area contributed by atoms with Crippen molar-refractivity contribution in [2.45, 2.75) is 13.5 Å². The molecule has 0 saturated carbocycles. The van der Waals surface area contributed by atoms with Gasteiger partial charge in [-0.2, -0.15) is 0 Å². The van der Waals surface area contributed by atoms with Crippen molar-refractivity contribution in [1.29, 1.82) is 0 Å². The van der Waals surface area contributed by atoms with E-state index in [0.29, 0.717) is 21.5 Å². The van der Waals surface area contributed by atoms with Gasteiger partial charge >= 0.3 is 0 Å². The molecule has 2 aromatic heterocycles. The van der Waals surface area contributed by atoms with Gasteiger partial charge in [0, 0.05) is 26.7 Å². The maximum Gasteiger partial charge on any atom is 0.263 e. The molecule has 0 spiro atoms. The number of carbonyl (C=O) groups excluding carboxylic acids is 2. The number of anilines is 1. The molecule has 2 heterocycles. The van der Waals surface area contributed by atoms with Gasteiger partial charge in [0.05, 0.1) is 11.7 Å². The summed E-state index contributed by atoms with van der Waals surface area (Å²) in [4.78, 5) is 42.1. The van der Waals surface area contributed by atoms with Crippen LogP contribution in [0.4, 0.5) is 5.69 Å². The summed E-state index contributed by atoms with van der Waals surface area (Å²) in [5.74, 6) is -0.464. The lowest BCUT2D eigenvalue weighted by molar-refractivity contribution is -0.116. The maximum absolute atomic E-state index is 13.1. The van der Waals surface area contributed by atoms with Crippen LogP contribution < -0.4 is 10.9 Å². The van der Waals surface area contributed by atoms with Crippen LogP contribution >= 0.6 is 27.3 Å². The van der Waals surface area contributed by atoms with E-state index in [-0.39, 0.29) is 23.8 Å². The van der Waals surface area contributed by atoms with E-state index in [0.717, 1.165) is 15.6 Å². The molecule has 0 aliphatic heterocycles. The fraction of sp³-hybridized carbons (Fsp3) is 0.0909. The Morgan fingerprint density at radius 1 is 1.17 bits per heavy atom. The van der Waals surface area contributed by atoms with E-state index in [2.05, 4.69) is 26.2 Å². The summed E-state index contributed by atoms with van der Waals surface area (Å²) in [5.41, 5.74) is 2.44. The summed E-state index contributed by atoms with van der Waals surface area (Å²) in [7, 11) is 0. The zero-order chi connectivity index (χ0) is 21.3. The number of thiophene rings is 1. The summed E-state index contributed by atoms with van der Waals surface area (Å²) in [6, 6.07) is 14.4. The lowest BCUT2D eigenvalue weighted by atomic mass is 10.1. The molecule has 1 amide bonds. The van der Waals surface area contributed by atoms with Crippen LogP contribution in [0.3, 0.4) is 0 Å². The molecule has 0 unspecified atom stereocenters. The van der Waals surface area contributed by atoms with Crippen LogP contribution in [0.15, 0.2) is 69.5 Å². The predicted molar refractivity (Wildman–Crippen MR) is 122 cm³/mol. The highest BCUT2D eigenvalue weighted by Crippen LogP contribution is 2.31. The average Bonchev–Trinajstić information content (AvgIpc) is 3.16. The molecular formula is C22H16BrN3O3S. The van der Waals surface area contributed by atoms with Crippen LogP contribution in [0.5, 0.6) is 0 Å². The van der Waals surface area contributed by atoms with E-state index in [9.17, 15) is 14.4 Å². The van der Waals surface area contributed by atoms with Gasteiger partial charge < -0.3 is 5.32 Å². The van der Waals surface area contributed by atoms with Gasteiger partial charge in [0.2, 0.25) is 5.91 Å². The number of hydrogen-bond acceptors (Lipinski definition) is 5. The van der Waals surface area contributed by atoms with Crippen molar-refractivity contribution < 1.29 is 9.59 Å². The van der Waals surface area contributed by atoms with Crippen molar-refractivity contribution in [2.24, 2.45) is 0 Å². The topological polar surface area (TPSA) is 81.1 Å². The first-order chi connectivity index (χ1) is 14.4. The summed E-state index contributed by atoms with van der Waals surface area (Å²) in [6.45, 7) is 1.28. The van der Waals surface area contributed by atoms with Crippen LogP contribution in [0, 0.1) is 0 Å². The minimum Gasteiger partial charge on any atom is -0.325 e. The van der Waals surface area contributed by atoms with Crippen molar-refractivity contribution in [3.05, 3.63) is 80.6 Å². The van der Waals surface area contributed by atoms with Crippen molar-refractivity contribution in [3.63, 3.8) is 0 Å². The number of nitrogens with one attached hydrogen (secondary N) is 1. The number of fused-ring (bicyclic) bond motifs is 1. The van der Waals surface area contributed by atoms with Gasteiger partial charge in [-0.15, -0.1) is 11.3 Å². The Labute approximate surface area is 184 Å². The first-order valence-electron chi connectivity index (χ1n) is 9.06. The second-order valence-corrected chi connectivity index (χ2v) is 8.47. The number of amides is 1. The Morgan fingerprint density at radius 3 is 2.67 bits per heavy atom. The lowest BCUT2D eigenvalue weighted by Gasteiger charge is -2.08. The zero-order valence-corrected chi connectivity index (χ0v) is 18.3. The number of aromatic nitrogens is 2. The summed E-state index contributed by atoms with van der Waals surface area (Å²) >= 11 is 4.81. The van der Waals surface area contributed by atoms with Crippen LogP contribution in [-0.2, 0) is 11.3 Å². The summed E-state index contributed by atoms with van der Waals surface area (Å²) < 4.78 is 2.24. The smallest absolute Gasteiger partial charge is 0.263 e. The quantitative estimate of drug-likeness (QED) is 0.417. The Hall–Kier alpha value is -3.10. The van der Waals surface area contributed by atoms with Crippen LogP contribution in [-0.4, -0.2) is 21.2 Å². The number of ketones is 1. The fourth-order valence-corrected chi connectivity index (χ4v) is 4.26. The highest BCUT2D eigenvalue weighted by atomic mass is 79.9. The molecule has 0 radical (unpaired) electrons. The molecule has 30 heavy (non-hydrogen) atoms.